The van der Waals surface area contributed by atoms with Crippen molar-refractivity contribution in [1.82, 2.24) is 5.32 Å². The number of methoxy groups -OCH3 is 1. The lowest BCUT2D eigenvalue weighted by Gasteiger charge is -2.28. The van der Waals surface area contributed by atoms with E-state index in [1.807, 2.05) is 0 Å². The third-order valence-electron chi connectivity index (χ3n) is 3.52. The van der Waals surface area contributed by atoms with E-state index in [0.29, 0.717) is 12.6 Å². The highest BCUT2D eigenvalue weighted by atomic mass is 16.5. The molecule has 3 heteroatoms. The summed E-state index contributed by atoms with van der Waals surface area (Å²) in [6.45, 7) is 8.33. The molecule has 3 nitrogen and oxygen atoms in total. The average Bonchev–Trinajstić information content (AvgIpc) is 2.89. The normalized spacial score (nSPS) is 27.8. The molecule has 90 valence electrons. The highest BCUT2D eigenvalue weighted by molar-refractivity contribution is 4.87. The number of hydrogen-bond acceptors (Lipinski definition) is 3. The maximum absolute atomic E-state index is 5.76. The van der Waals surface area contributed by atoms with Crippen LogP contribution in [0.3, 0.4) is 0 Å². The average molecular weight is 214 g/mol. The van der Waals surface area contributed by atoms with Gasteiger partial charge in [-0.3, -0.25) is 0 Å². The van der Waals surface area contributed by atoms with E-state index < -0.39 is 0 Å². The first-order valence-electron chi connectivity index (χ1n) is 5.97. The number of nitrogens with two attached hydrogens (primary N) is 1. The van der Waals surface area contributed by atoms with Crippen molar-refractivity contribution < 1.29 is 4.74 Å². The van der Waals surface area contributed by atoms with Gasteiger partial charge in [-0.2, -0.15) is 0 Å². The molecular weight excluding hydrogens is 188 g/mol. The SMILES string of the molecule is COC(C)(C)CC(CN)NCC1CC1C. The Hall–Kier alpha value is -0.120. The van der Waals surface area contributed by atoms with E-state index >= 15 is 0 Å². The monoisotopic (exact) mass is 214 g/mol. The number of nitrogens with one attached hydrogen (secondary N) is 1. The van der Waals surface area contributed by atoms with Crippen LogP contribution in [-0.2, 0) is 4.74 Å². The van der Waals surface area contributed by atoms with Gasteiger partial charge in [0.2, 0.25) is 0 Å². The zero-order chi connectivity index (χ0) is 11.5. The number of hydrogen-bond donors (Lipinski definition) is 2. The summed E-state index contributed by atoms with van der Waals surface area (Å²) < 4.78 is 5.42. The summed E-state index contributed by atoms with van der Waals surface area (Å²) in [5.41, 5.74) is 5.68. The van der Waals surface area contributed by atoms with Crippen LogP contribution in [0.1, 0.15) is 33.6 Å². The lowest BCUT2D eigenvalue weighted by molar-refractivity contribution is 0.00771. The first-order valence-corrected chi connectivity index (χ1v) is 5.97. The summed E-state index contributed by atoms with van der Waals surface area (Å²) in [6, 6.07) is 0.382. The van der Waals surface area contributed by atoms with Gasteiger partial charge >= 0.3 is 0 Å². The van der Waals surface area contributed by atoms with Gasteiger partial charge in [0.1, 0.15) is 0 Å². The molecule has 1 aliphatic rings. The summed E-state index contributed by atoms with van der Waals surface area (Å²) in [5.74, 6) is 1.79. The molecule has 15 heavy (non-hydrogen) atoms. The van der Waals surface area contributed by atoms with E-state index in [1.165, 1.54) is 6.42 Å². The van der Waals surface area contributed by atoms with Crippen LogP contribution < -0.4 is 11.1 Å². The highest BCUT2D eigenvalue weighted by Crippen LogP contribution is 2.36. The number of ether oxygens (including phenoxy) is 1. The van der Waals surface area contributed by atoms with Crippen LogP contribution in [0.15, 0.2) is 0 Å². The molecule has 0 saturated heterocycles. The van der Waals surface area contributed by atoms with Crippen LogP contribution in [0, 0.1) is 11.8 Å². The molecule has 0 amide bonds. The maximum atomic E-state index is 5.76. The van der Waals surface area contributed by atoms with Crippen molar-refractivity contribution in [2.24, 2.45) is 17.6 Å². The Morgan fingerprint density at radius 3 is 2.53 bits per heavy atom. The van der Waals surface area contributed by atoms with Crippen molar-refractivity contribution >= 4 is 0 Å². The second-order valence-electron chi connectivity index (χ2n) is 5.48. The minimum atomic E-state index is -0.0772. The molecule has 3 atom stereocenters. The molecule has 0 spiro atoms. The summed E-state index contributed by atoms with van der Waals surface area (Å²) in [6.07, 6.45) is 2.35. The third-order valence-corrected chi connectivity index (χ3v) is 3.52. The fourth-order valence-electron chi connectivity index (χ4n) is 1.92. The standard InChI is InChI=1S/C12H26N2O/c1-9-5-10(9)8-14-11(7-13)6-12(2,3)15-4/h9-11,14H,5-8,13H2,1-4H3. The molecule has 0 aromatic carbocycles. The largest absolute Gasteiger partial charge is 0.379 e. The predicted octanol–water partition coefficient (Wildman–Crippen LogP) is 1.37. The smallest absolute Gasteiger partial charge is 0.0638 e. The van der Waals surface area contributed by atoms with Crippen LogP contribution in [-0.4, -0.2) is 31.8 Å². The van der Waals surface area contributed by atoms with E-state index in [2.05, 4.69) is 26.1 Å². The lowest BCUT2D eigenvalue weighted by atomic mass is 9.98. The Morgan fingerprint density at radius 2 is 2.13 bits per heavy atom. The van der Waals surface area contributed by atoms with Crippen molar-refractivity contribution in [3.63, 3.8) is 0 Å². The molecule has 1 saturated carbocycles. The van der Waals surface area contributed by atoms with Gasteiger partial charge < -0.3 is 15.8 Å². The second kappa shape index (κ2) is 5.28. The van der Waals surface area contributed by atoms with Crippen LogP contribution >= 0.6 is 0 Å². The van der Waals surface area contributed by atoms with Gasteiger partial charge in [-0.15, -0.1) is 0 Å². The Kier molecular flexibility index (Phi) is 4.56. The van der Waals surface area contributed by atoms with Gasteiger partial charge in [0, 0.05) is 19.7 Å². The van der Waals surface area contributed by atoms with Gasteiger partial charge in [-0.25, -0.2) is 0 Å². The second-order valence-corrected chi connectivity index (χ2v) is 5.48. The molecule has 1 rings (SSSR count). The number of rotatable bonds is 7. The van der Waals surface area contributed by atoms with E-state index in [0.717, 1.165) is 24.8 Å². The topological polar surface area (TPSA) is 47.3 Å². The summed E-state index contributed by atoms with van der Waals surface area (Å²) in [4.78, 5) is 0. The van der Waals surface area contributed by atoms with Gasteiger partial charge in [0.15, 0.2) is 0 Å². The molecule has 1 fully saturated rings. The predicted molar refractivity (Wildman–Crippen MR) is 63.8 cm³/mol. The van der Waals surface area contributed by atoms with Crippen LogP contribution in [0.5, 0.6) is 0 Å². The molecule has 0 aromatic heterocycles. The first-order chi connectivity index (χ1) is 6.98. The third kappa shape index (κ3) is 4.49. The maximum Gasteiger partial charge on any atom is 0.0638 e. The van der Waals surface area contributed by atoms with Crippen molar-refractivity contribution in [3.05, 3.63) is 0 Å². The Balaban J connectivity index is 2.23. The fourth-order valence-corrected chi connectivity index (χ4v) is 1.92. The van der Waals surface area contributed by atoms with Crippen LogP contribution in [0.2, 0.25) is 0 Å². The van der Waals surface area contributed by atoms with Crippen LogP contribution in [0.4, 0.5) is 0 Å². The highest BCUT2D eigenvalue weighted by Gasteiger charge is 2.32. The van der Waals surface area contributed by atoms with E-state index in [4.69, 9.17) is 10.5 Å². The molecular formula is C12H26N2O. The van der Waals surface area contributed by atoms with Crippen molar-refractivity contribution in [3.8, 4) is 0 Å². The van der Waals surface area contributed by atoms with Gasteiger partial charge in [-0.1, -0.05) is 6.92 Å². The molecule has 1 aliphatic carbocycles. The van der Waals surface area contributed by atoms with Crippen molar-refractivity contribution in [2.45, 2.75) is 45.3 Å². The fraction of sp³-hybridized carbons (Fsp3) is 1.00. The summed E-state index contributed by atoms with van der Waals surface area (Å²) in [5, 5.41) is 3.55. The van der Waals surface area contributed by atoms with E-state index in [-0.39, 0.29) is 5.60 Å². The minimum Gasteiger partial charge on any atom is -0.379 e. The quantitative estimate of drug-likeness (QED) is 0.673. The molecule has 0 aromatic rings. The molecule has 0 radical (unpaired) electrons. The van der Waals surface area contributed by atoms with Crippen molar-refractivity contribution in [1.29, 1.82) is 0 Å². The van der Waals surface area contributed by atoms with E-state index in [1.54, 1.807) is 7.11 Å². The molecule has 0 aliphatic heterocycles. The molecule has 0 bridgehead atoms. The van der Waals surface area contributed by atoms with Gasteiger partial charge in [0.25, 0.3) is 0 Å². The van der Waals surface area contributed by atoms with E-state index in [9.17, 15) is 0 Å². The Bertz CT molecular complexity index is 194. The zero-order valence-corrected chi connectivity index (χ0v) is 10.5. The van der Waals surface area contributed by atoms with Crippen molar-refractivity contribution in [2.75, 3.05) is 20.2 Å². The zero-order valence-electron chi connectivity index (χ0n) is 10.5. The first kappa shape index (κ1) is 12.9. The molecule has 0 heterocycles. The van der Waals surface area contributed by atoms with Crippen LogP contribution in [0.25, 0.3) is 0 Å². The molecule has 3 N–H and O–H groups in total. The minimum absolute atomic E-state index is 0.0772. The summed E-state index contributed by atoms with van der Waals surface area (Å²) >= 11 is 0. The summed E-state index contributed by atoms with van der Waals surface area (Å²) in [7, 11) is 1.76. The lowest BCUT2D eigenvalue weighted by Crippen LogP contribution is -2.43. The van der Waals surface area contributed by atoms with Gasteiger partial charge in [-0.05, 0) is 45.1 Å². The van der Waals surface area contributed by atoms with Gasteiger partial charge in [0.05, 0.1) is 5.60 Å². The Labute approximate surface area is 93.8 Å². The molecule has 3 unspecified atom stereocenters. The Morgan fingerprint density at radius 1 is 1.53 bits per heavy atom.